The molecule has 0 atom stereocenters. The van der Waals surface area contributed by atoms with Crippen LogP contribution in [-0.4, -0.2) is 35.5 Å². The number of halogens is 3. The Hall–Kier alpha value is -2.58. The van der Waals surface area contributed by atoms with Crippen LogP contribution in [0.3, 0.4) is 0 Å². The number of aromatic nitrogens is 1. The van der Waals surface area contributed by atoms with Gasteiger partial charge in [0.1, 0.15) is 6.61 Å². The number of fused-ring (bicyclic) bond motifs is 1. The van der Waals surface area contributed by atoms with E-state index in [2.05, 4.69) is 11.1 Å². The zero-order valence-electron chi connectivity index (χ0n) is 16.0. The highest BCUT2D eigenvalue weighted by Crippen LogP contribution is 2.34. The highest BCUT2D eigenvalue weighted by molar-refractivity contribution is 7.98. The van der Waals surface area contributed by atoms with E-state index in [0.29, 0.717) is 36.4 Å². The zero-order chi connectivity index (χ0) is 21.1. The number of benzene rings is 2. The number of pyridine rings is 1. The van der Waals surface area contributed by atoms with Crippen LogP contribution >= 0.6 is 11.8 Å². The minimum absolute atomic E-state index is 0.0116. The number of thioether (sulfide) groups is 1. The molecule has 0 aliphatic carbocycles. The highest BCUT2D eigenvalue weighted by atomic mass is 32.2. The van der Waals surface area contributed by atoms with Crippen LogP contribution in [0.25, 0.3) is 10.9 Å². The lowest BCUT2D eigenvalue weighted by Crippen LogP contribution is -2.40. The Labute approximate surface area is 176 Å². The van der Waals surface area contributed by atoms with Crippen molar-refractivity contribution in [3.8, 4) is 0 Å². The van der Waals surface area contributed by atoms with Crippen molar-refractivity contribution in [1.29, 1.82) is 0 Å². The number of amides is 1. The largest absolute Gasteiger partial charge is 0.416 e. The minimum atomic E-state index is -4.39. The fourth-order valence-electron chi connectivity index (χ4n) is 3.34. The molecule has 1 aliphatic heterocycles. The number of carbonyl (C=O) groups is 1. The second kappa shape index (κ2) is 8.65. The number of carbonyl (C=O) groups excluding carboxylic acids is 1. The molecular weight excluding hydrogens is 413 g/mol. The van der Waals surface area contributed by atoms with Crippen LogP contribution in [-0.2, 0) is 28.0 Å². The summed E-state index contributed by atoms with van der Waals surface area (Å²) in [7, 11) is 0. The maximum absolute atomic E-state index is 13.0. The van der Waals surface area contributed by atoms with Crippen molar-refractivity contribution in [3.05, 3.63) is 71.4 Å². The van der Waals surface area contributed by atoms with Gasteiger partial charge in [0.15, 0.2) is 0 Å². The Morgan fingerprint density at radius 1 is 1.10 bits per heavy atom. The van der Waals surface area contributed by atoms with Crippen LogP contribution in [0.5, 0.6) is 0 Å². The molecule has 2 heterocycles. The number of ether oxygens (including phenoxy) is 1. The fraction of sp³-hybridized carbons (Fsp3) is 0.273. The SMILES string of the molecule is O=C1COCCN1Cc1cccc(CSc2ccnc3cc(C(F)(F)F)ccc23)c1. The molecule has 4 nitrogen and oxygen atoms in total. The van der Waals surface area contributed by atoms with Crippen molar-refractivity contribution in [3.63, 3.8) is 0 Å². The summed E-state index contributed by atoms with van der Waals surface area (Å²) in [5, 5.41) is 0.700. The van der Waals surface area contributed by atoms with Crippen LogP contribution in [0, 0.1) is 0 Å². The van der Waals surface area contributed by atoms with E-state index in [1.54, 1.807) is 16.7 Å². The van der Waals surface area contributed by atoms with Gasteiger partial charge in [-0.05, 0) is 29.3 Å². The van der Waals surface area contributed by atoms with E-state index in [1.165, 1.54) is 12.3 Å². The molecule has 0 N–H and O–H groups in total. The lowest BCUT2D eigenvalue weighted by molar-refractivity contribution is -0.143. The summed E-state index contributed by atoms with van der Waals surface area (Å²) in [6.07, 6.45) is -2.85. The van der Waals surface area contributed by atoms with Crippen molar-refractivity contribution >= 4 is 28.6 Å². The Balaban J connectivity index is 1.48. The third kappa shape index (κ3) is 4.76. The topological polar surface area (TPSA) is 42.4 Å². The summed E-state index contributed by atoms with van der Waals surface area (Å²) >= 11 is 1.55. The van der Waals surface area contributed by atoms with Crippen LogP contribution < -0.4 is 0 Å². The summed E-state index contributed by atoms with van der Waals surface area (Å²) in [6, 6.07) is 13.5. The molecule has 30 heavy (non-hydrogen) atoms. The molecule has 8 heteroatoms. The van der Waals surface area contributed by atoms with E-state index < -0.39 is 11.7 Å². The van der Waals surface area contributed by atoms with Gasteiger partial charge in [-0.15, -0.1) is 11.8 Å². The minimum Gasteiger partial charge on any atom is -0.370 e. The molecule has 1 fully saturated rings. The molecule has 2 aromatic carbocycles. The van der Waals surface area contributed by atoms with Gasteiger partial charge in [0, 0.05) is 35.3 Å². The first-order chi connectivity index (χ1) is 14.4. The van der Waals surface area contributed by atoms with Crippen molar-refractivity contribution in [2.75, 3.05) is 19.8 Å². The highest BCUT2D eigenvalue weighted by Gasteiger charge is 2.30. The lowest BCUT2D eigenvalue weighted by Gasteiger charge is -2.26. The van der Waals surface area contributed by atoms with Crippen LogP contribution in [0.4, 0.5) is 13.2 Å². The molecule has 156 valence electrons. The van der Waals surface area contributed by atoms with Gasteiger partial charge in [-0.3, -0.25) is 9.78 Å². The van der Waals surface area contributed by atoms with E-state index in [9.17, 15) is 18.0 Å². The molecule has 0 bridgehead atoms. The molecule has 1 aliphatic rings. The first kappa shape index (κ1) is 20.7. The average molecular weight is 432 g/mol. The number of hydrogen-bond donors (Lipinski definition) is 0. The van der Waals surface area contributed by atoms with Gasteiger partial charge in [0.05, 0.1) is 17.7 Å². The van der Waals surface area contributed by atoms with Crippen molar-refractivity contribution in [2.45, 2.75) is 23.4 Å². The van der Waals surface area contributed by atoms with Crippen LogP contribution in [0.1, 0.15) is 16.7 Å². The van der Waals surface area contributed by atoms with Gasteiger partial charge in [-0.2, -0.15) is 13.2 Å². The molecule has 0 radical (unpaired) electrons. The van der Waals surface area contributed by atoms with E-state index in [-0.39, 0.29) is 12.5 Å². The summed E-state index contributed by atoms with van der Waals surface area (Å²) < 4.78 is 44.0. The van der Waals surface area contributed by atoms with E-state index in [1.807, 2.05) is 24.3 Å². The average Bonchev–Trinajstić information content (AvgIpc) is 2.73. The second-order valence-electron chi connectivity index (χ2n) is 7.02. The van der Waals surface area contributed by atoms with Gasteiger partial charge >= 0.3 is 6.18 Å². The van der Waals surface area contributed by atoms with E-state index in [0.717, 1.165) is 28.2 Å². The van der Waals surface area contributed by atoms with E-state index >= 15 is 0 Å². The summed E-state index contributed by atoms with van der Waals surface area (Å²) in [6.45, 7) is 1.80. The van der Waals surface area contributed by atoms with Gasteiger partial charge in [-0.25, -0.2) is 0 Å². The molecule has 0 saturated carbocycles. The fourth-order valence-corrected chi connectivity index (χ4v) is 4.33. The molecular formula is C22H19F3N2O2S. The maximum atomic E-state index is 13.0. The zero-order valence-corrected chi connectivity index (χ0v) is 16.8. The second-order valence-corrected chi connectivity index (χ2v) is 8.03. The van der Waals surface area contributed by atoms with Crippen molar-refractivity contribution < 1.29 is 22.7 Å². The molecule has 4 rings (SSSR count). The lowest BCUT2D eigenvalue weighted by atomic mass is 10.1. The van der Waals surface area contributed by atoms with Gasteiger partial charge in [-0.1, -0.05) is 30.3 Å². The van der Waals surface area contributed by atoms with Gasteiger partial charge in [0.2, 0.25) is 5.91 Å². The number of morpholine rings is 1. The van der Waals surface area contributed by atoms with Crippen molar-refractivity contribution in [2.24, 2.45) is 0 Å². The quantitative estimate of drug-likeness (QED) is 0.538. The molecule has 1 amide bonds. The third-order valence-corrected chi connectivity index (χ3v) is 6.02. The van der Waals surface area contributed by atoms with Crippen LogP contribution in [0.15, 0.2) is 59.6 Å². The number of hydrogen-bond acceptors (Lipinski definition) is 4. The van der Waals surface area contributed by atoms with Crippen LogP contribution in [0.2, 0.25) is 0 Å². The Morgan fingerprint density at radius 3 is 2.73 bits per heavy atom. The molecule has 0 spiro atoms. The number of alkyl halides is 3. The predicted octanol–water partition coefficient (Wildman–Crippen LogP) is 4.90. The molecule has 1 saturated heterocycles. The maximum Gasteiger partial charge on any atom is 0.416 e. The molecule has 0 unspecified atom stereocenters. The predicted molar refractivity (Wildman–Crippen MR) is 109 cm³/mol. The van der Waals surface area contributed by atoms with Gasteiger partial charge < -0.3 is 9.64 Å². The Bertz CT molecular complexity index is 1070. The number of rotatable bonds is 5. The summed E-state index contributed by atoms with van der Waals surface area (Å²) in [5.41, 5.74) is 1.75. The number of nitrogens with zero attached hydrogens (tertiary/aromatic N) is 2. The Kier molecular flexibility index (Phi) is 5.97. The standard InChI is InChI=1S/C22H19F3N2O2S/c23-22(24,25)17-4-5-18-19(11-17)26-7-6-20(18)30-14-16-3-1-2-15(10-16)12-27-8-9-29-13-21(27)28/h1-7,10-11H,8-9,12-14H2. The monoisotopic (exact) mass is 432 g/mol. The molecule has 3 aromatic rings. The smallest absolute Gasteiger partial charge is 0.370 e. The normalized spacial score (nSPS) is 15.0. The first-order valence-corrected chi connectivity index (χ1v) is 10.4. The van der Waals surface area contributed by atoms with Gasteiger partial charge in [0.25, 0.3) is 0 Å². The first-order valence-electron chi connectivity index (χ1n) is 9.42. The third-order valence-electron chi connectivity index (χ3n) is 4.87. The molecule has 1 aromatic heterocycles. The van der Waals surface area contributed by atoms with E-state index in [4.69, 9.17) is 4.74 Å². The summed E-state index contributed by atoms with van der Waals surface area (Å²) in [4.78, 5) is 18.7. The summed E-state index contributed by atoms with van der Waals surface area (Å²) in [5.74, 6) is 0.646. The Morgan fingerprint density at radius 2 is 1.93 bits per heavy atom. The van der Waals surface area contributed by atoms with Crippen molar-refractivity contribution in [1.82, 2.24) is 9.88 Å².